The molecule has 0 amide bonds. The fourth-order valence-electron chi connectivity index (χ4n) is 2.16. The Hall–Kier alpha value is -1.71. The van der Waals surface area contributed by atoms with Gasteiger partial charge in [-0.15, -0.1) is 0 Å². The van der Waals surface area contributed by atoms with Crippen molar-refractivity contribution in [2.24, 2.45) is 10.9 Å². The van der Waals surface area contributed by atoms with Crippen LogP contribution in [0.15, 0.2) is 29.3 Å². The zero-order chi connectivity index (χ0) is 14.5. The molecule has 0 spiro atoms. The topological polar surface area (TPSA) is 45.7 Å². The van der Waals surface area contributed by atoms with Crippen molar-refractivity contribution >= 4 is 5.96 Å². The molecule has 20 heavy (non-hydrogen) atoms. The molecule has 0 saturated heterocycles. The number of para-hydroxylation sites is 1. The maximum atomic E-state index is 5.91. The van der Waals surface area contributed by atoms with E-state index in [1.54, 1.807) is 7.05 Å². The van der Waals surface area contributed by atoms with E-state index in [9.17, 15) is 0 Å². The van der Waals surface area contributed by atoms with Gasteiger partial charge in [-0.1, -0.05) is 32.0 Å². The highest BCUT2D eigenvalue weighted by Gasteiger charge is 2.22. The highest BCUT2D eigenvalue weighted by Crippen LogP contribution is 2.27. The van der Waals surface area contributed by atoms with Gasteiger partial charge in [0.2, 0.25) is 0 Å². The second-order valence-corrected chi connectivity index (χ2v) is 5.68. The molecule has 0 saturated carbocycles. The van der Waals surface area contributed by atoms with E-state index >= 15 is 0 Å². The zero-order valence-corrected chi connectivity index (χ0v) is 12.8. The zero-order valence-electron chi connectivity index (χ0n) is 12.8. The molecule has 1 aromatic carbocycles. The largest absolute Gasteiger partial charge is 0.488 e. The summed E-state index contributed by atoms with van der Waals surface area (Å²) in [5.41, 5.74) is 1.29. The highest BCUT2D eigenvalue weighted by molar-refractivity contribution is 5.80. The van der Waals surface area contributed by atoms with E-state index in [1.807, 2.05) is 12.1 Å². The molecular formula is C16H25N3O. The van der Waals surface area contributed by atoms with Crippen LogP contribution in [0.5, 0.6) is 5.75 Å². The lowest BCUT2D eigenvalue weighted by atomic mass is 10.1. The second kappa shape index (κ2) is 6.64. The molecule has 2 N–H and O–H groups in total. The summed E-state index contributed by atoms with van der Waals surface area (Å²) in [7, 11) is 1.80. The Morgan fingerprint density at radius 3 is 2.75 bits per heavy atom. The molecule has 4 nitrogen and oxygen atoms in total. The summed E-state index contributed by atoms with van der Waals surface area (Å²) in [4.78, 5) is 4.26. The fraction of sp³-hybridized carbons (Fsp3) is 0.562. The van der Waals surface area contributed by atoms with E-state index in [4.69, 9.17) is 4.74 Å². The lowest BCUT2D eigenvalue weighted by molar-refractivity contribution is 0.234. The van der Waals surface area contributed by atoms with E-state index in [0.717, 1.165) is 24.7 Å². The van der Waals surface area contributed by atoms with Crippen molar-refractivity contribution in [2.75, 3.05) is 13.6 Å². The third-order valence-corrected chi connectivity index (χ3v) is 3.80. The van der Waals surface area contributed by atoms with Gasteiger partial charge >= 0.3 is 0 Å². The van der Waals surface area contributed by atoms with Gasteiger partial charge in [0.05, 0.1) is 6.54 Å². The minimum Gasteiger partial charge on any atom is -0.488 e. The number of rotatable bonds is 4. The quantitative estimate of drug-likeness (QED) is 0.654. The van der Waals surface area contributed by atoms with Gasteiger partial charge in [0.1, 0.15) is 11.9 Å². The molecule has 0 radical (unpaired) electrons. The normalized spacial score (nSPS) is 19.4. The average Bonchev–Trinajstić information content (AvgIpc) is 2.85. The van der Waals surface area contributed by atoms with Gasteiger partial charge in [-0.25, -0.2) is 0 Å². The lowest BCUT2D eigenvalue weighted by Gasteiger charge is -2.21. The smallest absolute Gasteiger partial charge is 0.191 e. The summed E-state index contributed by atoms with van der Waals surface area (Å²) in [5.74, 6) is 2.42. The first-order valence-corrected chi connectivity index (χ1v) is 7.32. The van der Waals surface area contributed by atoms with Crippen LogP contribution in [0.2, 0.25) is 0 Å². The van der Waals surface area contributed by atoms with Crippen LogP contribution in [-0.4, -0.2) is 31.7 Å². The van der Waals surface area contributed by atoms with Crippen molar-refractivity contribution in [2.45, 2.75) is 39.3 Å². The average molecular weight is 275 g/mol. The predicted molar refractivity (Wildman–Crippen MR) is 83.4 cm³/mol. The first-order valence-electron chi connectivity index (χ1n) is 7.32. The standard InChI is InChI=1S/C16H25N3O/c1-11(2)12(3)19-16(17-4)18-10-14-9-13-7-5-6-8-15(13)20-14/h5-8,11-12,14H,9-10H2,1-4H3,(H2,17,18,19). The highest BCUT2D eigenvalue weighted by atomic mass is 16.5. The van der Waals surface area contributed by atoms with Crippen molar-refractivity contribution in [1.29, 1.82) is 0 Å². The number of ether oxygens (including phenoxy) is 1. The maximum Gasteiger partial charge on any atom is 0.191 e. The molecule has 1 aliphatic rings. The van der Waals surface area contributed by atoms with Crippen LogP contribution in [0, 0.1) is 5.92 Å². The van der Waals surface area contributed by atoms with Crippen LogP contribution in [0.4, 0.5) is 0 Å². The van der Waals surface area contributed by atoms with Crippen LogP contribution >= 0.6 is 0 Å². The third-order valence-electron chi connectivity index (χ3n) is 3.80. The van der Waals surface area contributed by atoms with Crippen molar-refractivity contribution in [3.63, 3.8) is 0 Å². The fourth-order valence-corrected chi connectivity index (χ4v) is 2.16. The molecule has 1 aliphatic heterocycles. The van der Waals surface area contributed by atoms with E-state index in [-0.39, 0.29) is 6.10 Å². The summed E-state index contributed by atoms with van der Waals surface area (Å²) in [6.45, 7) is 7.32. The Balaban J connectivity index is 1.81. The molecule has 1 heterocycles. The monoisotopic (exact) mass is 275 g/mol. The minimum atomic E-state index is 0.181. The number of hydrogen-bond acceptors (Lipinski definition) is 2. The molecule has 2 unspecified atom stereocenters. The van der Waals surface area contributed by atoms with Crippen LogP contribution in [0.3, 0.4) is 0 Å². The number of aliphatic imine (C=N–C) groups is 1. The molecule has 1 aromatic rings. The number of fused-ring (bicyclic) bond motifs is 1. The van der Waals surface area contributed by atoms with Crippen LogP contribution in [0.1, 0.15) is 26.3 Å². The lowest BCUT2D eigenvalue weighted by Crippen LogP contribution is -2.46. The van der Waals surface area contributed by atoms with E-state index < -0.39 is 0 Å². The Bertz CT molecular complexity index is 446. The molecule has 0 aromatic heterocycles. The number of hydrogen-bond donors (Lipinski definition) is 2. The van der Waals surface area contributed by atoms with Crippen molar-refractivity contribution in [3.05, 3.63) is 29.8 Å². The predicted octanol–water partition coefficient (Wildman–Crippen LogP) is 2.20. The molecule has 2 rings (SSSR count). The van der Waals surface area contributed by atoms with Crippen LogP contribution < -0.4 is 15.4 Å². The Morgan fingerprint density at radius 1 is 1.35 bits per heavy atom. The van der Waals surface area contributed by atoms with Crippen molar-refractivity contribution in [3.8, 4) is 5.75 Å². The van der Waals surface area contributed by atoms with Crippen molar-refractivity contribution in [1.82, 2.24) is 10.6 Å². The van der Waals surface area contributed by atoms with Gasteiger partial charge in [-0.05, 0) is 24.5 Å². The van der Waals surface area contributed by atoms with Crippen LogP contribution in [-0.2, 0) is 6.42 Å². The van der Waals surface area contributed by atoms with Gasteiger partial charge in [0, 0.05) is 19.5 Å². The van der Waals surface area contributed by atoms with E-state index in [1.165, 1.54) is 5.56 Å². The first kappa shape index (κ1) is 14.7. The number of guanidine groups is 1. The maximum absolute atomic E-state index is 5.91. The molecule has 0 aliphatic carbocycles. The number of nitrogens with one attached hydrogen (secondary N) is 2. The molecule has 2 atom stereocenters. The summed E-state index contributed by atoms with van der Waals surface area (Å²) in [6, 6.07) is 8.62. The Kier molecular flexibility index (Phi) is 4.88. The summed E-state index contributed by atoms with van der Waals surface area (Å²) in [5, 5.41) is 6.74. The number of benzene rings is 1. The first-order chi connectivity index (χ1) is 9.60. The molecule has 110 valence electrons. The molecule has 4 heteroatoms. The minimum absolute atomic E-state index is 0.181. The van der Waals surface area contributed by atoms with Gasteiger partial charge in [-0.3, -0.25) is 4.99 Å². The third kappa shape index (κ3) is 3.65. The molecular weight excluding hydrogens is 250 g/mol. The Labute approximate surface area is 121 Å². The molecule has 0 fully saturated rings. The van der Waals surface area contributed by atoms with Gasteiger partial charge < -0.3 is 15.4 Å². The van der Waals surface area contributed by atoms with Gasteiger partial charge in [-0.2, -0.15) is 0 Å². The Morgan fingerprint density at radius 2 is 2.10 bits per heavy atom. The van der Waals surface area contributed by atoms with Crippen molar-refractivity contribution < 1.29 is 4.74 Å². The summed E-state index contributed by atoms with van der Waals surface area (Å²) < 4.78 is 5.91. The number of nitrogens with zero attached hydrogens (tertiary/aromatic N) is 1. The SMILES string of the molecule is CN=C(NCC1Cc2ccccc2O1)NC(C)C(C)C. The summed E-state index contributed by atoms with van der Waals surface area (Å²) >= 11 is 0. The van der Waals surface area contributed by atoms with Gasteiger partial charge in [0.25, 0.3) is 0 Å². The van der Waals surface area contributed by atoms with E-state index in [2.05, 4.69) is 48.5 Å². The van der Waals surface area contributed by atoms with Gasteiger partial charge in [0.15, 0.2) is 5.96 Å². The second-order valence-electron chi connectivity index (χ2n) is 5.68. The summed E-state index contributed by atoms with van der Waals surface area (Å²) in [6.07, 6.45) is 1.14. The van der Waals surface area contributed by atoms with E-state index in [0.29, 0.717) is 12.0 Å². The van der Waals surface area contributed by atoms with Crippen LogP contribution in [0.25, 0.3) is 0 Å². The molecule has 0 bridgehead atoms.